The second kappa shape index (κ2) is 6.49. The van der Waals surface area contributed by atoms with E-state index in [-0.39, 0.29) is 13.0 Å². The maximum Gasteiger partial charge on any atom is 0.400 e. The van der Waals surface area contributed by atoms with Crippen LogP contribution in [0.3, 0.4) is 0 Å². The summed E-state index contributed by atoms with van der Waals surface area (Å²) < 4.78 is 43.3. The van der Waals surface area contributed by atoms with Crippen LogP contribution in [0.1, 0.15) is 19.3 Å². The van der Waals surface area contributed by atoms with Crippen LogP contribution >= 0.6 is 12.6 Å². The predicted molar refractivity (Wildman–Crippen MR) is 60.0 cm³/mol. The molecular formula is C10H16F3NO2S. The fourth-order valence-corrected chi connectivity index (χ4v) is 1.90. The standard InChI is InChI=1S/C10H16F3NO2S/c11-10(12,13)8(9(15)14-3-5-17)6-7-2-1-4-16-7/h7-8,17H,1-6H2,(H,14,15). The Morgan fingerprint density at radius 3 is 2.71 bits per heavy atom. The highest BCUT2D eigenvalue weighted by molar-refractivity contribution is 7.80. The lowest BCUT2D eigenvalue weighted by Gasteiger charge is -2.22. The minimum absolute atomic E-state index is 0.139. The normalized spacial score (nSPS) is 22.5. The molecule has 2 atom stereocenters. The Hall–Kier alpha value is -0.430. The molecule has 0 saturated carbocycles. The molecule has 2 unspecified atom stereocenters. The SMILES string of the molecule is O=C(NCCS)C(CC1CCCO1)C(F)(F)F. The number of hydrogen-bond donors (Lipinski definition) is 2. The van der Waals surface area contributed by atoms with E-state index in [1.165, 1.54) is 0 Å². The molecule has 0 bridgehead atoms. The molecule has 0 aromatic rings. The quantitative estimate of drug-likeness (QED) is 0.748. The molecule has 1 fully saturated rings. The average Bonchev–Trinajstić information content (AvgIpc) is 2.73. The smallest absolute Gasteiger partial charge is 0.378 e. The van der Waals surface area contributed by atoms with Crippen molar-refractivity contribution in [1.82, 2.24) is 5.32 Å². The Labute approximate surface area is 103 Å². The first-order chi connectivity index (χ1) is 7.95. The zero-order chi connectivity index (χ0) is 12.9. The predicted octanol–water partition coefficient (Wildman–Crippen LogP) is 1.78. The molecule has 0 aliphatic carbocycles. The number of thiol groups is 1. The van der Waals surface area contributed by atoms with E-state index in [1.54, 1.807) is 0 Å². The minimum atomic E-state index is -4.52. The summed E-state index contributed by atoms with van der Waals surface area (Å²) in [5, 5.41) is 2.22. The van der Waals surface area contributed by atoms with Crippen LogP contribution in [-0.2, 0) is 9.53 Å². The van der Waals surface area contributed by atoms with Crippen molar-refractivity contribution in [2.24, 2.45) is 5.92 Å². The van der Waals surface area contributed by atoms with Gasteiger partial charge in [-0.05, 0) is 19.3 Å². The summed E-state index contributed by atoms with van der Waals surface area (Å²) in [6.07, 6.45) is -3.92. The van der Waals surface area contributed by atoms with Crippen LogP contribution in [-0.4, -0.2) is 37.1 Å². The topological polar surface area (TPSA) is 38.3 Å². The summed E-state index contributed by atoms with van der Waals surface area (Å²) in [7, 11) is 0. The van der Waals surface area contributed by atoms with Crippen LogP contribution in [0.5, 0.6) is 0 Å². The van der Waals surface area contributed by atoms with Crippen molar-refractivity contribution in [2.75, 3.05) is 18.9 Å². The van der Waals surface area contributed by atoms with Crippen molar-refractivity contribution >= 4 is 18.5 Å². The summed E-state index contributed by atoms with van der Waals surface area (Å²) >= 11 is 3.83. The molecule has 0 aromatic carbocycles. The Morgan fingerprint density at radius 1 is 1.53 bits per heavy atom. The third-order valence-electron chi connectivity index (χ3n) is 2.65. The van der Waals surface area contributed by atoms with Crippen LogP contribution in [0.25, 0.3) is 0 Å². The fourth-order valence-electron chi connectivity index (χ4n) is 1.78. The van der Waals surface area contributed by atoms with E-state index in [1.807, 2.05) is 0 Å². The Morgan fingerprint density at radius 2 is 2.24 bits per heavy atom. The molecule has 17 heavy (non-hydrogen) atoms. The molecule has 1 amide bonds. The summed E-state index contributed by atoms with van der Waals surface area (Å²) in [6, 6.07) is 0. The number of ether oxygens (including phenoxy) is 1. The largest absolute Gasteiger partial charge is 0.400 e. The molecule has 7 heteroatoms. The van der Waals surface area contributed by atoms with E-state index < -0.39 is 24.1 Å². The van der Waals surface area contributed by atoms with Gasteiger partial charge in [0.25, 0.3) is 0 Å². The minimum Gasteiger partial charge on any atom is -0.378 e. The van der Waals surface area contributed by atoms with E-state index in [2.05, 4.69) is 17.9 Å². The summed E-state index contributed by atoms with van der Waals surface area (Å²) in [5.74, 6) is -2.65. The molecule has 0 spiro atoms. The van der Waals surface area contributed by atoms with E-state index in [9.17, 15) is 18.0 Å². The first kappa shape index (κ1) is 14.6. The van der Waals surface area contributed by atoms with Gasteiger partial charge < -0.3 is 10.1 Å². The van der Waals surface area contributed by atoms with Crippen molar-refractivity contribution in [1.29, 1.82) is 0 Å². The number of nitrogens with one attached hydrogen (secondary N) is 1. The molecule has 1 aliphatic heterocycles. The maximum absolute atomic E-state index is 12.7. The number of carbonyl (C=O) groups excluding carboxylic acids is 1. The molecule has 1 rings (SSSR count). The van der Waals surface area contributed by atoms with Crippen molar-refractivity contribution < 1.29 is 22.7 Å². The Balaban J connectivity index is 2.56. The maximum atomic E-state index is 12.7. The monoisotopic (exact) mass is 271 g/mol. The first-order valence-corrected chi connectivity index (χ1v) is 6.15. The third-order valence-corrected chi connectivity index (χ3v) is 2.87. The van der Waals surface area contributed by atoms with E-state index in [0.29, 0.717) is 18.8 Å². The van der Waals surface area contributed by atoms with Crippen LogP contribution in [0, 0.1) is 5.92 Å². The second-order valence-corrected chi connectivity index (χ2v) is 4.43. The zero-order valence-electron chi connectivity index (χ0n) is 9.29. The molecule has 0 aromatic heterocycles. The van der Waals surface area contributed by atoms with Crippen molar-refractivity contribution in [3.8, 4) is 0 Å². The third kappa shape index (κ3) is 4.75. The molecule has 100 valence electrons. The van der Waals surface area contributed by atoms with E-state index in [0.717, 1.165) is 6.42 Å². The van der Waals surface area contributed by atoms with Gasteiger partial charge in [-0.15, -0.1) is 0 Å². The van der Waals surface area contributed by atoms with Gasteiger partial charge in [-0.25, -0.2) is 0 Å². The van der Waals surface area contributed by atoms with Gasteiger partial charge in [-0.3, -0.25) is 4.79 Å². The molecular weight excluding hydrogens is 255 g/mol. The van der Waals surface area contributed by atoms with Crippen LogP contribution in [0.2, 0.25) is 0 Å². The van der Waals surface area contributed by atoms with Crippen LogP contribution in [0.15, 0.2) is 0 Å². The summed E-state index contributed by atoms with van der Waals surface area (Å²) in [5.41, 5.74) is 0. The lowest BCUT2D eigenvalue weighted by atomic mass is 9.98. The van der Waals surface area contributed by atoms with Crippen molar-refractivity contribution in [3.05, 3.63) is 0 Å². The highest BCUT2D eigenvalue weighted by Crippen LogP contribution is 2.32. The van der Waals surface area contributed by atoms with Gasteiger partial charge in [0.05, 0.1) is 6.10 Å². The van der Waals surface area contributed by atoms with Crippen LogP contribution in [0.4, 0.5) is 13.2 Å². The molecule has 3 nitrogen and oxygen atoms in total. The average molecular weight is 271 g/mol. The first-order valence-electron chi connectivity index (χ1n) is 5.52. The van der Waals surface area contributed by atoms with Crippen molar-refractivity contribution in [2.45, 2.75) is 31.5 Å². The number of amides is 1. The van der Waals surface area contributed by atoms with Gasteiger partial charge in [0.15, 0.2) is 0 Å². The number of halogens is 3. The molecule has 1 heterocycles. The van der Waals surface area contributed by atoms with E-state index >= 15 is 0 Å². The van der Waals surface area contributed by atoms with Gasteiger partial charge in [-0.1, -0.05) is 0 Å². The number of hydrogen-bond acceptors (Lipinski definition) is 3. The highest BCUT2D eigenvalue weighted by atomic mass is 32.1. The van der Waals surface area contributed by atoms with Gasteiger partial charge >= 0.3 is 6.18 Å². The van der Waals surface area contributed by atoms with Gasteiger partial charge in [-0.2, -0.15) is 25.8 Å². The Kier molecular flexibility index (Phi) is 5.58. The number of rotatable bonds is 5. The number of alkyl halides is 3. The molecule has 1 saturated heterocycles. The fraction of sp³-hybridized carbons (Fsp3) is 0.900. The molecule has 0 radical (unpaired) electrons. The van der Waals surface area contributed by atoms with Gasteiger partial charge in [0, 0.05) is 18.9 Å². The highest BCUT2D eigenvalue weighted by Gasteiger charge is 2.46. The van der Waals surface area contributed by atoms with Crippen molar-refractivity contribution in [3.63, 3.8) is 0 Å². The molecule has 1 aliphatic rings. The zero-order valence-corrected chi connectivity index (χ0v) is 10.2. The summed E-state index contributed by atoms with van der Waals surface area (Å²) in [4.78, 5) is 11.4. The van der Waals surface area contributed by atoms with Gasteiger partial charge in [0.2, 0.25) is 5.91 Å². The molecule has 1 N–H and O–H groups in total. The van der Waals surface area contributed by atoms with E-state index in [4.69, 9.17) is 4.74 Å². The van der Waals surface area contributed by atoms with Gasteiger partial charge in [0.1, 0.15) is 5.92 Å². The summed E-state index contributed by atoms with van der Waals surface area (Å²) in [6.45, 7) is 0.619. The lowest BCUT2D eigenvalue weighted by molar-refractivity contribution is -0.188. The Bertz CT molecular complexity index is 254. The lowest BCUT2D eigenvalue weighted by Crippen LogP contribution is -2.41. The van der Waals surface area contributed by atoms with Crippen LogP contribution < -0.4 is 5.32 Å². The number of carbonyl (C=O) groups is 1. The second-order valence-electron chi connectivity index (χ2n) is 3.98.